The Morgan fingerprint density at radius 2 is 1.74 bits per heavy atom. The van der Waals surface area contributed by atoms with Crippen LogP contribution in [0.15, 0.2) is 60.7 Å². The Morgan fingerprint density at radius 1 is 0.957 bits per heavy atom. The molecule has 2 amide bonds. The minimum Gasteiger partial charge on any atom is -0.308 e. The number of carbonyl (C=O) groups excluding carboxylic acids is 1. The van der Waals surface area contributed by atoms with Crippen molar-refractivity contribution >= 4 is 17.5 Å². The van der Waals surface area contributed by atoms with E-state index in [1.54, 1.807) is 4.68 Å². The Balaban J connectivity index is 1.79. The lowest BCUT2D eigenvalue weighted by Gasteiger charge is -2.10. The van der Waals surface area contributed by atoms with E-state index in [1.807, 2.05) is 74.5 Å². The Hall–Kier alpha value is -3.08. The predicted octanol–water partition coefficient (Wildman–Crippen LogP) is 4.13. The highest BCUT2D eigenvalue weighted by atomic mass is 16.2. The van der Waals surface area contributed by atoms with Crippen LogP contribution in [0.1, 0.15) is 11.3 Å². The number of rotatable bonds is 3. The van der Waals surface area contributed by atoms with Crippen LogP contribution in [0.5, 0.6) is 0 Å². The zero-order chi connectivity index (χ0) is 16.2. The van der Waals surface area contributed by atoms with E-state index in [9.17, 15) is 4.79 Å². The molecule has 0 aliphatic heterocycles. The lowest BCUT2D eigenvalue weighted by Crippen LogP contribution is -2.21. The summed E-state index contributed by atoms with van der Waals surface area (Å²) in [5.41, 5.74) is 3.57. The second-order valence-electron chi connectivity index (χ2n) is 5.37. The number of amides is 2. The van der Waals surface area contributed by atoms with Gasteiger partial charge in [-0.1, -0.05) is 30.3 Å². The van der Waals surface area contributed by atoms with Gasteiger partial charge in [0.15, 0.2) is 0 Å². The van der Waals surface area contributed by atoms with Gasteiger partial charge in [-0.05, 0) is 43.7 Å². The molecule has 0 saturated carbocycles. The molecule has 0 fully saturated rings. The average molecular weight is 306 g/mol. The highest BCUT2D eigenvalue weighted by Gasteiger charge is 2.10. The number of nitrogens with zero attached hydrogens (tertiary/aromatic N) is 2. The summed E-state index contributed by atoms with van der Waals surface area (Å²) < 4.78 is 1.71. The molecule has 5 nitrogen and oxygen atoms in total. The van der Waals surface area contributed by atoms with Crippen molar-refractivity contribution in [3.8, 4) is 5.69 Å². The van der Waals surface area contributed by atoms with E-state index in [0.29, 0.717) is 5.82 Å². The lowest BCUT2D eigenvalue weighted by atomic mass is 10.2. The second-order valence-corrected chi connectivity index (χ2v) is 5.37. The van der Waals surface area contributed by atoms with Crippen molar-refractivity contribution in [1.82, 2.24) is 9.78 Å². The van der Waals surface area contributed by atoms with E-state index in [4.69, 9.17) is 0 Å². The number of hydrogen-bond donors (Lipinski definition) is 2. The molecule has 5 heteroatoms. The quantitative estimate of drug-likeness (QED) is 0.764. The molecule has 3 aromatic rings. The number of para-hydroxylation sites is 1. The highest BCUT2D eigenvalue weighted by molar-refractivity contribution is 5.99. The van der Waals surface area contributed by atoms with Gasteiger partial charge in [0.05, 0.1) is 11.4 Å². The molecule has 2 N–H and O–H groups in total. The number of hydrogen-bond acceptors (Lipinski definition) is 2. The second kappa shape index (κ2) is 6.36. The van der Waals surface area contributed by atoms with Crippen molar-refractivity contribution in [2.24, 2.45) is 0 Å². The van der Waals surface area contributed by atoms with Crippen LogP contribution in [0, 0.1) is 13.8 Å². The van der Waals surface area contributed by atoms with Crippen molar-refractivity contribution < 1.29 is 4.79 Å². The molecule has 23 heavy (non-hydrogen) atoms. The van der Waals surface area contributed by atoms with Crippen LogP contribution in [-0.2, 0) is 0 Å². The summed E-state index contributed by atoms with van der Waals surface area (Å²) in [6.07, 6.45) is 0. The van der Waals surface area contributed by atoms with Crippen LogP contribution in [0.3, 0.4) is 0 Å². The van der Waals surface area contributed by atoms with Gasteiger partial charge in [0.2, 0.25) is 0 Å². The van der Waals surface area contributed by atoms with E-state index in [2.05, 4.69) is 15.7 Å². The van der Waals surface area contributed by atoms with Gasteiger partial charge >= 0.3 is 6.03 Å². The van der Waals surface area contributed by atoms with Gasteiger partial charge in [0, 0.05) is 11.8 Å². The summed E-state index contributed by atoms with van der Waals surface area (Å²) >= 11 is 0. The van der Waals surface area contributed by atoms with Gasteiger partial charge in [0.1, 0.15) is 5.82 Å². The third-order valence-corrected chi connectivity index (χ3v) is 3.35. The number of benzene rings is 2. The molecule has 0 atom stereocenters. The number of nitrogens with one attached hydrogen (secondary N) is 2. The summed E-state index contributed by atoms with van der Waals surface area (Å²) in [7, 11) is 0. The molecule has 0 spiro atoms. The number of aryl methyl sites for hydroxylation is 2. The Labute approximate surface area is 135 Å². The van der Waals surface area contributed by atoms with Gasteiger partial charge in [-0.3, -0.25) is 5.32 Å². The Kier molecular flexibility index (Phi) is 4.10. The molecule has 1 heterocycles. The van der Waals surface area contributed by atoms with Crippen LogP contribution in [0.4, 0.5) is 16.3 Å². The molecule has 1 aromatic heterocycles. The average Bonchev–Trinajstić information content (AvgIpc) is 2.88. The van der Waals surface area contributed by atoms with Crippen LogP contribution in [-0.4, -0.2) is 15.8 Å². The minimum absolute atomic E-state index is 0.298. The Morgan fingerprint density at radius 3 is 2.48 bits per heavy atom. The molecular weight excluding hydrogens is 288 g/mol. The van der Waals surface area contributed by atoms with Gasteiger partial charge < -0.3 is 5.32 Å². The van der Waals surface area contributed by atoms with Crippen molar-refractivity contribution in [2.75, 3.05) is 10.6 Å². The van der Waals surface area contributed by atoms with Crippen LogP contribution < -0.4 is 10.6 Å². The largest absolute Gasteiger partial charge is 0.324 e. The van der Waals surface area contributed by atoms with Gasteiger partial charge in [-0.25, -0.2) is 9.48 Å². The number of urea groups is 1. The van der Waals surface area contributed by atoms with Crippen LogP contribution in [0.2, 0.25) is 0 Å². The monoisotopic (exact) mass is 306 g/mol. The zero-order valence-corrected chi connectivity index (χ0v) is 13.1. The molecule has 0 aliphatic rings. The first-order valence-corrected chi connectivity index (χ1v) is 7.38. The number of carbonyl (C=O) groups is 1. The molecule has 3 rings (SSSR count). The summed E-state index contributed by atoms with van der Waals surface area (Å²) in [5.74, 6) is 0.624. The fourth-order valence-electron chi connectivity index (χ4n) is 2.36. The molecule has 0 bridgehead atoms. The standard InChI is InChI=1S/C18H18N4O/c1-13-7-6-8-15(11-13)19-18(23)20-17-12-14(2)21-22(17)16-9-4-3-5-10-16/h3-12H,1-2H3,(H2,19,20,23). The van der Waals surface area contributed by atoms with Crippen molar-refractivity contribution in [1.29, 1.82) is 0 Å². The zero-order valence-electron chi connectivity index (χ0n) is 13.1. The maximum Gasteiger partial charge on any atom is 0.324 e. The summed E-state index contributed by atoms with van der Waals surface area (Å²) in [6, 6.07) is 18.9. The van der Waals surface area contributed by atoms with Gasteiger partial charge in [-0.15, -0.1) is 0 Å². The van der Waals surface area contributed by atoms with E-state index < -0.39 is 0 Å². The van der Waals surface area contributed by atoms with E-state index in [1.165, 1.54) is 0 Å². The molecule has 116 valence electrons. The Bertz CT molecular complexity index is 824. The maximum atomic E-state index is 12.2. The minimum atomic E-state index is -0.298. The van der Waals surface area contributed by atoms with Crippen molar-refractivity contribution in [3.63, 3.8) is 0 Å². The maximum absolute atomic E-state index is 12.2. The first kappa shape index (κ1) is 14.8. The predicted molar refractivity (Wildman–Crippen MR) is 92.1 cm³/mol. The van der Waals surface area contributed by atoms with Gasteiger partial charge in [-0.2, -0.15) is 5.10 Å². The molecule has 0 radical (unpaired) electrons. The van der Waals surface area contributed by atoms with Crippen molar-refractivity contribution in [2.45, 2.75) is 13.8 Å². The van der Waals surface area contributed by atoms with E-state index in [-0.39, 0.29) is 6.03 Å². The fraction of sp³-hybridized carbons (Fsp3) is 0.111. The third kappa shape index (κ3) is 3.58. The molecule has 0 saturated heterocycles. The first-order chi connectivity index (χ1) is 11.1. The lowest BCUT2D eigenvalue weighted by molar-refractivity contribution is 0.262. The smallest absolute Gasteiger partial charge is 0.308 e. The summed E-state index contributed by atoms with van der Waals surface area (Å²) in [5, 5.41) is 10.1. The topological polar surface area (TPSA) is 59.0 Å². The summed E-state index contributed by atoms with van der Waals surface area (Å²) in [6.45, 7) is 3.88. The SMILES string of the molecule is Cc1cccc(NC(=O)Nc2cc(C)nn2-c2ccccc2)c1. The molecular formula is C18H18N4O. The van der Waals surface area contributed by atoms with E-state index >= 15 is 0 Å². The number of anilines is 2. The van der Waals surface area contributed by atoms with Gasteiger partial charge in [0.25, 0.3) is 0 Å². The first-order valence-electron chi connectivity index (χ1n) is 7.38. The molecule has 2 aromatic carbocycles. The van der Waals surface area contributed by atoms with E-state index in [0.717, 1.165) is 22.6 Å². The molecule has 0 unspecified atom stereocenters. The van der Waals surface area contributed by atoms with Crippen LogP contribution in [0.25, 0.3) is 5.69 Å². The summed E-state index contributed by atoms with van der Waals surface area (Å²) in [4.78, 5) is 12.2. The van der Waals surface area contributed by atoms with Crippen molar-refractivity contribution in [3.05, 3.63) is 71.9 Å². The van der Waals surface area contributed by atoms with Crippen LogP contribution >= 0.6 is 0 Å². The number of aromatic nitrogens is 2. The fourth-order valence-corrected chi connectivity index (χ4v) is 2.36. The third-order valence-electron chi connectivity index (χ3n) is 3.35. The molecule has 0 aliphatic carbocycles. The normalized spacial score (nSPS) is 10.3. The highest BCUT2D eigenvalue weighted by Crippen LogP contribution is 2.17.